The summed E-state index contributed by atoms with van der Waals surface area (Å²) >= 11 is 0. The van der Waals surface area contributed by atoms with E-state index in [4.69, 9.17) is 9.47 Å². The van der Waals surface area contributed by atoms with E-state index in [-0.39, 0.29) is 0 Å². The van der Waals surface area contributed by atoms with Gasteiger partial charge in [0.2, 0.25) is 0 Å². The highest BCUT2D eigenvalue weighted by molar-refractivity contribution is 5.71. The number of aromatic nitrogens is 1. The largest absolute Gasteiger partial charge is 0.508 e. The minimum atomic E-state index is 0.293. The van der Waals surface area contributed by atoms with Gasteiger partial charge in [-0.3, -0.25) is 9.88 Å². The molecule has 0 atom stereocenters. The van der Waals surface area contributed by atoms with Gasteiger partial charge in [-0.1, -0.05) is 30.4 Å². The summed E-state index contributed by atoms with van der Waals surface area (Å²) < 4.78 is 10.6. The third-order valence-corrected chi connectivity index (χ3v) is 4.58. The van der Waals surface area contributed by atoms with Gasteiger partial charge in [0.15, 0.2) is 11.5 Å². The zero-order chi connectivity index (χ0) is 20.6. The number of phenols is 1. The van der Waals surface area contributed by atoms with Crippen LogP contribution in [0.25, 0.3) is 12.2 Å². The molecule has 0 aliphatic carbocycles. The van der Waals surface area contributed by atoms with Crippen molar-refractivity contribution in [3.05, 3.63) is 83.2 Å². The molecule has 0 amide bonds. The fraction of sp³-hybridized carbons (Fsp3) is 0.208. The van der Waals surface area contributed by atoms with E-state index >= 15 is 0 Å². The van der Waals surface area contributed by atoms with Crippen LogP contribution in [0.15, 0.2) is 60.8 Å². The second-order valence-corrected chi connectivity index (χ2v) is 6.83. The molecule has 2 aromatic carbocycles. The minimum Gasteiger partial charge on any atom is -0.508 e. The number of nitrogens with zero attached hydrogens (tertiary/aromatic N) is 2. The Bertz CT molecular complexity index is 971. The van der Waals surface area contributed by atoms with E-state index in [1.54, 1.807) is 26.5 Å². The molecule has 150 valence electrons. The second kappa shape index (κ2) is 9.75. The maximum atomic E-state index is 10.3. The lowest BCUT2D eigenvalue weighted by molar-refractivity contribution is 0.309. The molecule has 1 heterocycles. The monoisotopic (exact) mass is 390 g/mol. The number of methoxy groups -OCH3 is 2. The van der Waals surface area contributed by atoms with Crippen LogP contribution in [0.4, 0.5) is 0 Å². The lowest BCUT2D eigenvalue weighted by Crippen LogP contribution is -2.18. The van der Waals surface area contributed by atoms with Crippen LogP contribution in [0.3, 0.4) is 0 Å². The number of hydrogen-bond acceptors (Lipinski definition) is 5. The molecular formula is C24H26N2O3. The molecule has 0 aliphatic heterocycles. The summed E-state index contributed by atoms with van der Waals surface area (Å²) in [5.41, 5.74) is 3.89. The van der Waals surface area contributed by atoms with E-state index in [2.05, 4.69) is 9.88 Å². The number of aromatic hydroxyl groups is 1. The molecule has 5 heteroatoms. The first-order valence-electron chi connectivity index (χ1n) is 9.39. The van der Waals surface area contributed by atoms with Crippen molar-refractivity contribution in [2.45, 2.75) is 13.1 Å². The molecule has 29 heavy (non-hydrogen) atoms. The third kappa shape index (κ3) is 5.59. The van der Waals surface area contributed by atoms with Gasteiger partial charge in [-0.05, 0) is 54.6 Å². The highest BCUT2D eigenvalue weighted by Gasteiger charge is 2.08. The van der Waals surface area contributed by atoms with Gasteiger partial charge in [-0.15, -0.1) is 0 Å². The predicted molar refractivity (Wildman–Crippen MR) is 116 cm³/mol. The molecule has 0 fully saturated rings. The number of rotatable bonds is 8. The average Bonchev–Trinajstić information content (AvgIpc) is 2.74. The summed E-state index contributed by atoms with van der Waals surface area (Å²) in [5, 5.41) is 10.3. The minimum absolute atomic E-state index is 0.293. The van der Waals surface area contributed by atoms with E-state index in [9.17, 15) is 5.11 Å². The molecular weight excluding hydrogens is 364 g/mol. The summed E-state index contributed by atoms with van der Waals surface area (Å²) in [6.45, 7) is 1.34. The van der Waals surface area contributed by atoms with Gasteiger partial charge in [0.25, 0.3) is 0 Å². The molecule has 5 nitrogen and oxygen atoms in total. The molecule has 0 saturated carbocycles. The van der Waals surface area contributed by atoms with Gasteiger partial charge in [-0.2, -0.15) is 0 Å². The van der Waals surface area contributed by atoms with Crippen LogP contribution < -0.4 is 9.47 Å². The highest BCUT2D eigenvalue weighted by atomic mass is 16.5. The number of pyridine rings is 1. The van der Waals surface area contributed by atoms with Gasteiger partial charge in [0.1, 0.15) is 5.75 Å². The Morgan fingerprint density at radius 2 is 1.62 bits per heavy atom. The lowest BCUT2D eigenvalue weighted by Gasteiger charge is -2.17. The van der Waals surface area contributed by atoms with Gasteiger partial charge >= 0.3 is 0 Å². The average molecular weight is 390 g/mol. The van der Waals surface area contributed by atoms with Crippen molar-refractivity contribution < 1.29 is 14.6 Å². The Morgan fingerprint density at radius 3 is 2.31 bits per heavy atom. The number of phenolic OH excluding ortho intramolecular Hbond substituents is 1. The lowest BCUT2D eigenvalue weighted by atomic mass is 10.1. The first-order valence-corrected chi connectivity index (χ1v) is 9.39. The standard InChI is InChI=1S/C24H26N2O3/c1-26(17-21-6-4-5-13-25-21)16-20-14-18(9-11-22(20)27)7-8-19-10-12-23(28-2)24(15-19)29-3/h4-15,27H,16-17H2,1-3H3/b8-7+. The first kappa shape index (κ1) is 20.4. The van der Waals surface area contributed by atoms with Crippen LogP contribution in [-0.4, -0.2) is 36.3 Å². The van der Waals surface area contributed by atoms with Gasteiger partial charge < -0.3 is 14.6 Å². The van der Waals surface area contributed by atoms with E-state index < -0.39 is 0 Å². The van der Waals surface area contributed by atoms with Crippen molar-refractivity contribution in [1.29, 1.82) is 0 Å². The Kier molecular flexibility index (Phi) is 6.87. The maximum Gasteiger partial charge on any atom is 0.161 e. The summed E-state index contributed by atoms with van der Waals surface area (Å²) in [6, 6.07) is 17.3. The first-order chi connectivity index (χ1) is 14.1. The molecule has 0 spiro atoms. The van der Waals surface area contributed by atoms with Crippen LogP contribution in [0.2, 0.25) is 0 Å². The van der Waals surface area contributed by atoms with E-state index in [1.165, 1.54) is 0 Å². The second-order valence-electron chi connectivity index (χ2n) is 6.83. The molecule has 0 saturated heterocycles. The number of hydrogen-bond donors (Lipinski definition) is 1. The fourth-order valence-electron chi connectivity index (χ4n) is 3.10. The predicted octanol–water partition coefficient (Wildman–Crippen LogP) is 4.61. The van der Waals surface area contributed by atoms with E-state index in [1.807, 2.05) is 67.7 Å². The van der Waals surface area contributed by atoms with Crippen molar-refractivity contribution in [3.63, 3.8) is 0 Å². The summed E-state index contributed by atoms with van der Waals surface area (Å²) in [5.74, 6) is 1.69. The van der Waals surface area contributed by atoms with Crippen molar-refractivity contribution >= 4 is 12.2 Å². The van der Waals surface area contributed by atoms with Crippen LogP contribution in [0, 0.1) is 0 Å². The highest BCUT2D eigenvalue weighted by Crippen LogP contribution is 2.28. The molecule has 1 aromatic heterocycles. The van der Waals surface area contributed by atoms with Crippen molar-refractivity contribution in [1.82, 2.24) is 9.88 Å². The maximum absolute atomic E-state index is 10.3. The Morgan fingerprint density at radius 1 is 0.897 bits per heavy atom. The molecule has 0 radical (unpaired) electrons. The van der Waals surface area contributed by atoms with Crippen molar-refractivity contribution in [3.8, 4) is 17.2 Å². The summed E-state index contributed by atoms with van der Waals surface area (Å²) in [4.78, 5) is 6.48. The zero-order valence-corrected chi connectivity index (χ0v) is 17.0. The van der Waals surface area contributed by atoms with Crippen molar-refractivity contribution in [2.24, 2.45) is 0 Å². The van der Waals surface area contributed by atoms with Gasteiger partial charge in [-0.25, -0.2) is 0 Å². The fourth-order valence-corrected chi connectivity index (χ4v) is 3.10. The molecule has 1 N–H and O–H groups in total. The third-order valence-electron chi connectivity index (χ3n) is 4.58. The van der Waals surface area contributed by atoms with Crippen molar-refractivity contribution in [2.75, 3.05) is 21.3 Å². The van der Waals surface area contributed by atoms with Gasteiger partial charge in [0.05, 0.1) is 19.9 Å². The zero-order valence-electron chi connectivity index (χ0n) is 17.0. The molecule has 3 aromatic rings. The number of benzene rings is 2. The van der Waals surface area contributed by atoms with Crippen LogP contribution in [-0.2, 0) is 13.1 Å². The Hall–Kier alpha value is -3.31. The Labute approximate surface area is 171 Å². The van der Waals surface area contributed by atoms with Gasteiger partial charge in [0, 0.05) is 24.8 Å². The number of ether oxygens (including phenoxy) is 2. The topological polar surface area (TPSA) is 54.8 Å². The molecule has 0 aliphatic rings. The van der Waals surface area contributed by atoms with Crippen LogP contribution in [0.1, 0.15) is 22.4 Å². The normalized spacial score (nSPS) is 11.2. The smallest absolute Gasteiger partial charge is 0.161 e. The molecule has 3 rings (SSSR count). The van der Waals surface area contributed by atoms with E-state index in [0.717, 1.165) is 22.4 Å². The summed E-state index contributed by atoms with van der Waals surface area (Å²) in [7, 11) is 5.26. The SMILES string of the molecule is COc1ccc(/C=C/c2ccc(O)c(CN(C)Cc3ccccn3)c2)cc1OC. The molecule has 0 bridgehead atoms. The van der Waals surface area contributed by atoms with E-state index in [0.29, 0.717) is 30.3 Å². The van der Waals surface area contributed by atoms with Crippen LogP contribution in [0.5, 0.6) is 17.2 Å². The Balaban J connectivity index is 1.72. The van der Waals surface area contributed by atoms with Crippen LogP contribution >= 0.6 is 0 Å². The summed E-state index contributed by atoms with van der Waals surface area (Å²) in [6.07, 6.45) is 5.82. The quantitative estimate of drug-likeness (QED) is 0.570. The molecule has 0 unspecified atom stereocenters.